The maximum absolute atomic E-state index is 6.14. The van der Waals surface area contributed by atoms with Crippen molar-refractivity contribution in [3.63, 3.8) is 0 Å². The summed E-state index contributed by atoms with van der Waals surface area (Å²) in [6.45, 7) is 7.07. The Balaban J connectivity index is 1.34. The topological polar surface area (TPSA) is 78.6 Å². The van der Waals surface area contributed by atoms with Crippen LogP contribution in [0.5, 0.6) is 0 Å². The van der Waals surface area contributed by atoms with Gasteiger partial charge in [0.05, 0.1) is 35.4 Å². The maximum atomic E-state index is 6.14. The molecule has 1 saturated heterocycles. The monoisotopic (exact) mass is 418 g/mol. The first-order valence-electron chi connectivity index (χ1n) is 11.7. The van der Waals surface area contributed by atoms with Gasteiger partial charge < -0.3 is 4.74 Å². The average Bonchev–Trinajstić information content (AvgIpc) is 3.48. The van der Waals surface area contributed by atoms with Gasteiger partial charge >= 0.3 is 0 Å². The Kier molecular flexibility index (Phi) is 4.56. The van der Waals surface area contributed by atoms with Crippen molar-refractivity contribution in [2.45, 2.75) is 83.3 Å². The Labute approximate surface area is 182 Å². The van der Waals surface area contributed by atoms with Crippen molar-refractivity contribution in [2.24, 2.45) is 5.92 Å². The summed E-state index contributed by atoms with van der Waals surface area (Å²) in [7, 11) is 0. The lowest BCUT2D eigenvalue weighted by atomic mass is 9.74. The van der Waals surface area contributed by atoms with Gasteiger partial charge in [-0.3, -0.25) is 4.68 Å². The summed E-state index contributed by atoms with van der Waals surface area (Å²) in [4.78, 5) is 19.7. The predicted molar refractivity (Wildman–Crippen MR) is 117 cm³/mol. The van der Waals surface area contributed by atoms with E-state index < -0.39 is 0 Å². The number of hydrogen-bond acceptors (Lipinski definition) is 6. The number of rotatable bonds is 4. The molecule has 0 amide bonds. The molecule has 162 valence electrons. The number of hydrogen-bond donors (Lipinski definition) is 0. The zero-order valence-corrected chi connectivity index (χ0v) is 18.6. The van der Waals surface area contributed by atoms with Crippen molar-refractivity contribution in [1.29, 1.82) is 0 Å². The number of aromatic nitrogens is 6. The van der Waals surface area contributed by atoms with Crippen LogP contribution in [0.1, 0.15) is 97.9 Å². The third-order valence-corrected chi connectivity index (χ3v) is 7.31. The highest BCUT2D eigenvalue weighted by Gasteiger charge is 2.34. The van der Waals surface area contributed by atoms with Crippen LogP contribution >= 0.6 is 0 Å². The fraction of sp³-hybridized carbons (Fsp3) is 0.625. The number of nitrogens with zero attached hydrogens (tertiary/aromatic N) is 6. The van der Waals surface area contributed by atoms with Crippen molar-refractivity contribution < 1.29 is 4.74 Å². The fourth-order valence-corrected chi connectivity index (χ4v) is 5.07. The van der Waals surface area contributed by atoms with Crippen LogP contribution in [0, 0.1) is 19.8 Å². The fourth-order valence-electron chi connectivity index (χ4n) is 5.07. The van der Waals surface area contributed by atoms with Gasteiger partial charge in [-0.15, -0.1) is 0 Å². The van der Waals surface area contributed by atoms with Crippen LogP contribution in [0.4, 0.5) is 0 Å². The molecule has 3 aromatic heterocycles. The Morgan fingerprint density at radius 1 is 0.935 bits per heavy atom. The van der Waals surface area contributed by atoms with Gasteiger partial charge in [-0.1, -0.05) is 6.92 Å². The first-order chi connectivity index (χ1) is 15.0. The van der Waals surface area contributed by atoms with E-state index in [-0.39, 0.29) is 12.0 Å². The van der Waals surface area contributed by atoms with Crippen molar-refractivity contribution in [1.82, 2.24) is 29.7 Å². The van der Waals surface area contributed by atoms with Crippen LogP contribution in [0.25, 0.3) is 11.2 Å². The summed E-state index contributed by atoms with van der Waals surface area (Å²) in [6, 6.07) is 0.592. The normalized spacial score (nSPS) is 28.6. The lowest BCUT2D eigenvalue weighted by Crippen LogP contribution is -2.24. The molecule has 0 bridgehead atoms. The molecular formula is C24H30N6O. The Hall–Kier alpha value is -2.41. The van der Waals surface area contributed by atoms with Crippen molar-refractivity contribution in [3.05, 3.63) is 40.9 Å². The molecule has 0 aromatic carbocycles. The van der Waals surface area contributed by atoms with Crippen LogP contribution in [0.2, 0.25) is 0 Å². The molecule has 2 saturated carbocycles. The highest BCUT2D eigenvalue weighted by molar-refractivity contribution is 5.73. The third kappa shape index (κ3) is 3.53. The molecule has 0 N–H and O–H groups in total. The van der Waals surface area contributed by atoms with Crippen molar-refractivity contribution >= 4 is 11.2 Å². The molecule has 2 unspecified atom stereocenters. The van der Waals surface area contributed by atoms with Crippen LogP contribution in [-0.2, 0) is 4.74 Å². The molecule has 0 radical (unpaired) electrons. The molecule has 0 spiro atoms. The second-order valence-corrected chi connectivity index (χ2v) is 9.87. The number of fused-ring (bicyclic) bond motifs is 1. The standard InChI is InChI=1S/C24H30N6O/c1-13-8-17(9-13)21-22-24(27-15(3)14(2)26-22)29-23(28-21)16-6-7-31-20(10-16)18-11-25-30(12-18)19-4-5-19/h11-13,16-17,19-20H,4-10H2,1-3H3. The minimum atomic E-state index is 0.0589. The molecule has 4 heterocycles. The van der Waals surface area contributed by atoms with Gasteiger partial charge in [0.2, 0.25) is 0 Å². The third-order valence-electron chi connectivity index (χ3n) is 7.31. The molecule has 2 atom stereocenters. The van der Waals surface area contributed by atoms with E-state index in [1.807, 2.05) is 20.0 Å². The van der Waals surface area contributed by atoms with Gasteiger partial charge in [0.15, 0.2) is 5.65 Å². The van der Waals surface area contributed by atoms with Gasteiger partial charge in [-0.2, -0.15) is 5.10 Å². The zero-order chi connectivity index (χ0) is 21.1. The van der Waals surface area contributed by atoms with E-state index in [2.05, 4.69) is 22.9 Å². The van der Waals surface area contributed by atoms with Gasteiger partial charge in [-0.25, -0.2) is 19.9 Å². The van der Waals surface area contributed by atoms with E-state index in [0.29, 0.717) is 12.0 Å². The Morgan fingerprint density at radius 3 is 2.52 bits per heavy atom. The molecule has 7 heteroatoms. The number of ether oxygens (including phenoxy) is 1. The minimum Gasteiger partial charge on any atom is -0.373 e. The molecule has 1 aliphatic heterocycles. The summed E-state index contributed by atoms with van der Waals surface area (Å²) in [6.07, 6.45) is 10.9. The molecule has 6 rings (SSSR count). The molecule has 7 nitrogen and oxygen atoms in total. The summed E-state index contributed by atoms with van der Waals surface area (Å²) >= 11 is 0. The van der Waals surface area contributed by atoms with E-state index in [1.165, 1.54) is 31.2 Å². The molecule has 3 fully saturated rings. The second kappa shape index (κ2) is 7.33. The lowest BCUT2D eigenvalue weighted by molar-refractivity contribution is 0.00389. The zero-order valence-electron chi connectivity index (χ0n) is 18.6. The van der Waals surface area contributed by atoms with E-state index in [0.717, 1.165) is 59.4 Å². The SMILES string of the molecule is Cc1nc2nc(C3CCOC(c4cnn(C5CC5)c4)C3)nc(C3CC(C)C3)c2nc1C. The second-order valence-electron chi connectivity index (χ2n) is 9.87. The Bertz CT molecular complexity index is 1130. The van der Waals surface area contributed by atoms with E-state index in [1.54, 1.807) is 0 Å². The number of aryl methyl sites for hydroxylation is 2. The highest BCUT2D eigenvalue weighted by Crippen LogP contribution is 2.44. The van der Waals surface area contributed by atoms with Gasteiger partial charge in [0.1, 0.15) is 11.3 Å². The van der Waals surface area contributed by atoms with Crippen LogP contribution in [-0.4, -0.2) is 36.3 Å². The molecule has 3 aliphatic rings. The maximum Gasteiger partial charge on any atom is 0.182 e. The lowest BCUT2D eigenvalue weighted by Gasteiger charge is -2.33. The summed E-state index contributed by atoms with van der Waals surface area (Å²) < 4.78 is 8.24. The average molecular weight is 419 g/mol. The van der Waals surface area contributed by atoms with E-state index in [9.17, 15) is 0 Å². The minimum absolute atomic E-state index is 0.0589. The first-order valence-corrected chi connectivity index (χ1v) is 11.7. The molecule has 2 aliphatic carbocycles. The first kappa shape index (κ1) is 19.3. The molecule has 3 aromatic rings. The molecule has 31 heavy (non-hydrogen) atoms. The quantitative estimate of drug-likeness (QED) is 0.610. The van der Waals surface area contributed by atoms with Gasteiger partial charge in [0, 0.05) is 30.2 Å². The largest absolute Gasteiger partial charge is 0.373 e. The van der Waals surface area contributed by atoms with Crippen LogP contribution in [0.3, 0.4) is 0 Å². The van der Waals surface area contributed by atoms with Gasteiger partial charge in [0.25, 0.3) is 0 Å². The van der Waals surface area contributed by atoms with Crippen LogP contribution in [0.15, 0.2) is 12.4 Å². The predicted octanol–water partition coefficient (Wildman–Crippen LogP) is 4.72. The van der Waals surface area contributed by atoms with Crippen molar-refractivity contribution in [3.8, 4) is 0 Å². The van der Waals surface area contributed by atoms with Crippen molar-refractivity contribution in [2.75, 3.05) is 6.61 Å². The summed E-state index contributed by atoms with van der Waals surface area (Å²) in [5.41, 5.74) is 5.86. The van der Waals surface area contributed by atoms with Gasteiger partial charge in [-0.05, 0) is 58.3 Å². The Morgan fingerprint density at radius 2 is 1.74 bits per heavy atom. The van der Waals surface area contributed by atoms with E-state index in [4.69, 9.17) is 24.7 Å². The molecular weight excluding hydrogens is 388 g/mol. The highest BCUT2D eigenvalue weighted by atomic mass is 16.5. The summed E-state index contributed by atoms with van der Waals surface area (Å²) in [5, 5.41) is 4.56. The smallest absolute Gasteiger partial charge is 0.182 e. The van der Waals surface area contributed by atoms with E-state index >= 15 is 0 Å². The summed E-state index contributed by atoms with van der Waals surface area (Å²) in [5.74, 6) is 2.42. The van der Waals surface area contributed by atoms with Crippen LogP contribution < -0.4 is 0 Å².